The zero-order chi connectivity index (χ0) is 24.8. The molecule has 10 heteroatoms. The van der Waals surface area contributed by atoms with Crippen molar-refractivity contribution in [2.45, 2.75) is 26.1 Å². The molecule has 3 rings (SSSR count). The van der Waals surface area contributed by atoms with E-state index in [0.29, 0.717) is 11.1 Å². The van der Waals surface area contributed by atoms with Crippen LogP contribution >= 0.6 is 0 Å². The van der Waals surface area contributed by atoms with Crippen LogP contribution in [-0.4, -0.2) is 22.4 Å². The second-order valence-corrected chi connectivity index (χ2v) is 7.53. The number of nitrogens with one attached hydrogen (secondary N) is 2. The van der Waals surface area contributed by atoms with Gasteiger partial charge in [-0.1, -0.05) is 18.2 Å². The van der Waals surface area contributed by atoms with E-state index in [2.05, 4.69) is 0 Å². The smallest absolute Gasteiger partial charge is 0.338 e. The van der Waals surface area contributed by atoms with E-state index in [1.165, 1.54) is 48.5 Å². The average molecular weight is 468 g/mol. The normalized spacial score (nSPS) is 14.5. The minimum Gasteiger partial charge on any atom is -0.595 e. The summed E-state index contributed by atoms with van der Waals surface area (Å²) in [6, 6.07) is 17.9. The summed E-state index contributed by atoms with van der Waals surface area (Å²) in [5, 5.41) is 37.6. The Labute approximate surface area is 195 Å². The molecule has 0 aliphatic heterocycles. The summed E-state index contributed by atoms with van der Waals surface area (Å²) in [6.45, 7) is 3.40. The molecule has 0 aromatic heterocycles. The lowest BCUT2D eigenvalue weighted by atomic mass is 10.0. The van der Waals surface area contributed by atoms with E-state index in [1.807, 2.05) is 0 Å². The number of esters is 2. The van der Waals surface area contributed by atoms with Crippen molar-refractivity contribution in [2.75, 3.05) is 0 Å². The molecule has 4 atom stereocenters. The van der Waals surface area contributed by atoms with Gasteiger partial charge in [0.2, 0.25) is 0 Å². The fraction of sp³-hybridized carbons (Fsp3) is 0.167. The Kier molecular flexibility index (Phi) is 8.08. The van der Waals surface area contributed by atoms with E-state index in [1.54, 1.807) is 38.1 Å². The maximum Gasteiger partial charge on any atom is 0.338 e. The molecule has 0 bridgehead atoms. The number of carbonyl (C=O) groups excluding carboxylic acids is 2. The molecular weight excluding hydrogens is 444 g/mol. The highest BCUT2D eigenvalue weighted by molar-refractivity contribution is 5.90. The number of rotatable bonds is 8. The van der Waals surface area contributed by atoms with Crippen molar-refractivity contribution in [3.63, 3.8) is 0 Å². The largest absolute Gasteiger partial charge is 0.595 e. The molecule has 3 aromatic carbocycles. The van der Waals surface area contributed by atoms with E-state index in [9.17, 15) is 20.0 Å². The molecule has 0 amide bonds. The van der Waals surface area contributed by atoms with Crippen molar-refractivity contribution in [3.8, 4) is 0 Å². The van der Waals surface area contributed by atoms with Crippen molar-refractivity contribution in [2.24, 2.45) is 0 Å². The third-order valence-electron chi connectivity index (χ3n) is 5.15. The summed E-state index contributed by atoms with van der Waals surface area (Å²) in [5.74, 6) is -1.20. The molecule has 0 aliphatic rings. The molecule has 10 nitrogen and oxygen atoms in total. The van der Waals surface area contributed by atoms with Crippen LogP contribution in [0.25, 0.3) is 0 Å². The fourth-order valence-corrected chi connectivity index (χ4v) is 3.16. The van der Waals surface area contributed by atoms with Crippen LogP contribution in [0.2, 0.25) is 0 Å². The summed E-state index contributed by atoms with van der Waals surface area (Å²) in [6.07, 6.45) is -1.23. The van der Waals surface area contributed by atoms with Gasteiger partial charge < -0.3 is 19.9 Å². The number of hydrogen-bond donors (Lipinski definition) is 4. The highest BCUT2D eigenvalue weighted by Gasteiger charge is 2.18. The third kappa shape index (κ3) is 6.23. The van der Waals surface area contributed by atoms with Gasteiger partial charge in [0, 0.05) is 24.3 Å². The zero-order valence-electron chi connectivity index (χ0n) is 18.4. The lowest BCUT2D eigenvalue weighted by Gasteiger charge is -2.18. The fourth-order valence-electron chi connectivity index (χ4n) is 3.16. The molecule has 178 valence electrons. The molecule has 0 saturated heterocycles. The number of ether oxygens (including phenoxy) is 2. The lowest BCUT2D eigenvalue weighted by molar-refractivity contribution is -0.991. The van der Waals surface area contributed by atoms with Gasteiger partial charge in [-0.3, -0.25) is 0 Å². The molecule has 4 N–H and O–H groups in total. The Morgan fingerprint density at radius 2 is 1.06 bits per heavy atom. The average Bonchev–Trinajstić information content (AvgIpc) is 2.84. The van der Waals surface area contributed by atoms with Crippen LogP contribution in [0.5, 0.6) is 0 Å². The van der Waals surface area contributed by atoms with E-state index in [0.717, 1.165) is 0 Å². The van der Waals surface area contributed by atoms with E-state index in [4.69, 9.17) is 19.9 Å². The highest BCUT2D eigenvalue weighted by atomic mass is 16.8. The van der Waals surface area contributed by atoms with Crippen molar-refractivity contribution in [3.05, 3.63) is 105 Å². The van der Waals surface area contributed by atoms with E-state index in [-0.39, 0.29) is 22.5 Å². The Hall–Kier alpha value is -3.64. The van der Waals surface area contributed by atoms with Gasteiger partial charge in [-0.05, 0) is 55.3 Å². The third-order valence-corrected chi connectivity index (χ3v) is 5.15. The Morgan fingerprint density at radius 1 is 0.706 bits per heavy atom. The van der Waals surface area contributed by atoms with Crippen LogP contribution in [0.4, 0.5) is 11.4 Å². The predicted molar refractivity (Wildman–Crippen MR) is 119 cm³/mol. The van der Waals surface area contributed by atoms with Gasteiger partial charge in [0.05, 0.1) is 11.1 Å². The van der Waals surface area contributed by atoms with Gasteiger partial charge in [0.15, 0.2) is 11.4 Å². The maximum absolute atomic E-state index is 12.4. The summed E-state index contributed by atoms with van der Waals surface area (Å²) < 4.78 is 11.0. The molecule has 0 radical (unpaired) electrons. The van der Waals surface area contributed by atoms with Crippen LogP contribution in [0.3, 0.4) is 0 Å². The predicted octanol–water partition coefficient (Wildman–Crippen LogP) is 2.33. The molecule has 0 fully saturated rings. The number of carbonyl (C=O) groups is 2. The van der Waals surface area contributed by atoms with E-state index >= 15 is 0 Å². The van der Waals surface area contributed by atoms with Crippen LogP contribution in [0.1, 0.15) is 57.9 Å². The topological polar surface area (TPSA) is 148 Å². The highest BCUT2D eigenvalue weighted by Crippen LogP contribution is 2.25. The van der Waals surface area contributed by atoms with Crippen LogP contribution in [-0.2, 0) is 9.47 Å². The monoisotopic (exact) mass is 468 g/mol. The number of benzene rings is 3. The molecule has 3 aromatic rings. The summed E-state index contributed by atoms with van der Waals surface area (Å²) in [5.41, 5.74) is 1.95. The first-order chi connectivity index (χ1) is 16.2. The number of quaternary nitrogens is 2. The first-order valence-corrected chi connectivity index (χ1v) is 10.3. The van der Waals surface area contributed by atoms with Crippen LogP contribution in [0, 0.1) is 10.4 Å². The minimum absolute atomic E-state index is 0.0682. The van der Waals surface area contributed by atoms with Gasteiger partial charge >= 0.3 is 11.9 Å². The van der Waals surface area contributed by atoms with Crippen molar-refractivity contribution >= 4 is 23.3 Å². The molecular formula is C24H24N2O8. The lowest BCUT2D eigenvalue weighted by Crippen LogP contribution is -2.99. The molecule has 0 saturated carbocycles. The van der Waals surface area contributed by atoms with Crippen molar-refractivity contribution < 1.29 is 39.9 Å². The summed E-state index contributed by atoms with van der Waals surface area (Å²) >= 11 is 0. The molecule has 0 spiro atoms. The SMILES string of the molecule is C[C@H](OC(=O)c1ccc([NH+]([O-])O)cc1)c1cccc([C@H](C)OC(=O)c2ccc([NH+]([O-])O)cc2)c1. The Morgan fingerprint density at radius 3 is 1.38 bits per heavy atom. The van der Waals surface area contributed by atoms with Gasteiger partial charge in [-0.2, -0.15) is 10.5 Å². The van der Waals surface area contributed by atoms with Gasteiger partial charge in [-0.25, -0.2) is 20.0 Å². The number of hydrogen-bond acceptors (Lipinski definition) is 8. The molecule has 0 heterocycles. The second kappa shape index (κ2) is 11.0. The molecule has 0 aliphatic carbocycles. The standard InChI is InChI=1S/C24H24N2O8/c1-15(33-23(27)17-6-10-21(11-7-17)25(29)30)19-4-3-5-20(14-19)16(2)34-24(28)18-8-12-22(13-9-18)26(31)32/h3-16,25-26,29,31H,1-2H3/t15-,16-/m0/s1. The van der Waals surface area contributed by atoms with Crippen LogP contribution in [0.15, 0.2) is 72.8 Å². The quantitative estimate of drug-likeness (QED) is 0.291. The first kappa shape index (κ1) is 25.0. The first-order valence-electron chi connectivity index (χ1n) is 10.3. The van der Waals surface area contributed by atoms with Crippen LogP contribution < -0.4 is 10.5 Å². The zero-order valence-corrected chi connectivity index (χ0v) is 18.4. The van der Waals surface area contributed by atoms with Gasteiger partial charge in [0.1, 0.15) is 12.2 Å². The summed E-state index contributed by atoms with van der Waals surface area (Å²) in [7, 11) is 0. The molecule has 34 heavy (non-hydrogen) atoms. The van der Waals surface area contributed by atoms with Crippen molar-refractivity contribution in [1.82, 2.24) is 0 Å². The molecule has 2 unspecified atom stereocenters. The van der Waals surface area contributed by atoms with Crippen molar-refractivity contribution in [1.29, 1.82) is 0 Å². The maximum atomic E-state index is 12.4. The Balaban J connectivity index is 1.64. The van der Waals surface area contributed by atoms with Gasteiger partial charge in [-0.15, -0.1) is 0 Å². The Bertz CT molecular complexity index is 1040. The minimum atomic E-state index is -1.09. The second-order valence-electron chi connectivity index (χ2n) is 7.53. The van der Waals surface area contributed by atoms with E-state index < -0.39 is 34.6 Å². The summed E-state index contributed by atoms with van der Waals surface area (Å²) in [4.78, 5) is 24.8. The van der Waals surface area contributed by atoms with Gasteiger partial charge in [0.25, 0.3) is 0 Å².